The van der Waals surface area contributed by atoms with Crippen LogP contribution < -0.4 is 11.1 Å². The van der Waals surface area contributed by atoms with E-state index in [1.807, 2.05) is 0 Å². The van der Waals surface area contributed by atoms with Gasteiger partial charge < -0.3 is 11.1 Å². The van der Waals surface area contributed by atoms with Gasteiger partial charge in [0.1, 0.15) is 27.6 Å². The minimum atomic E-state index is -3.63. The van der Waals surface area contributed by atoms with Gasteiger partial charge in [0.15, 0.2) is 9.84 Å². The van der Waals surface area contributed by atoms with Gasteiger partial charge in [-0.3, -0.25) is 9.79 Å². The fraction of sp³-hybridized carbons (Fsp3) is 0.381. The smallest absolute Gasteiger partial charge is 0.274 e. The summed E-state index contributed by atoms with van der Waals surface area (Å²) in [7, 11) is -3.63. The minimum absolute atomic E-state index is 0.0299. The van der Waals surface area contributed by atoms with E-state index in [1.54, 1.807) is 13.0 Å². The van der Waals surface area contributed by atoms with Gasteiger partial charge in [-0.1, -0.05) is 11.6 Å². The van der Waals surface area contributed by atoms with Crippen molar-refractivity contribution in [2.45, 2.75) is 43.4 Å². The minimum Gasteiger partial charge on any atom is -0.386 e. The summed E-state index contributed by atoms with van der Waals surface area (Å²) in [6.45, 7) is 3.24. The van der Waals surface area contributed by atoms with Gasteiger partial charge in [0, 0.05) is 17.4 Å². The third-order valence-electron chi connectivity index (χ3n) is 6.13. The van der Waals surface area contributed by atoms with Crippen LogP contribution in [0.15, 0.2) is 35.5 Å². The van der Waals surface area contributed by atoms with Gasteiger partial charge in [0.05, 0.1) is 10.8 Å². The lowest BCUT2D eigenvalue weighted by atomic mass is 9.82. The van der Waals surface area contributed by atoms with Crippen molar-refractivity contribution in [3.63, 3.8) is 0 Å². The summed E-state index contributed by atoms with van der Waals surface area (Å²) >= 11 is 5.88. The number of halogens is 2. The van der Waals surface area contributed by atoms with E-state index in [4.69, 9.17) is 17.3 Å². The second-order valence-electron chi connectivity index (χ2n) is 8.35. The zero-order valence-electron chi connectivity index (χ0n) is 17.1. The Balaban J connectivity index is 1.69. The monoisotopic (exact) mass is 464 g/mol. The van der Waals surface area contributed by atoms with Gasteiger partial charge in [-0.2, -0.15) is 0 Å². The molecule has 1 spiro atoms. The maximum absolute atomic E-state index is 14.8. The van der Waals surface area contributed by atoms with E-state index in [9.17, 15) is 17.6 Å². The average molecular weight is 465 g/mol. The summed E-state index contributed by atoms with van der Waals surface area (Å²) in [5.74, 6) is -1.45. The predicted molar refractivity (Wildman–Crippen MR) is 118 cm³/mol. The number of anilines is 1. The first kappa shape index (κ1) is 21.7. The SMILES string of the molecule is Cc1cc(Cl)cnc1C(=O)Nc1ccc(F)c(C2(C)CS(=O)(=O)C3(CCC3)C(N)=N2)c1. The van der Waals surface area contributed by atoms with Gasteiger partial charge in [-0.25, -0.2) is 17.8 Å². The summed E-state index contributed by atoms with van der Waals surface area (Å²) in [4.78, 5) is 21.1. The van der Waals surface area contributed by atoms with E-state index in [2.05, 4.69) is 15.3 Å². The number of nitrogens with one attached hydrogen (secondary N) is 1. The summed E-state index contributed by atoms with van der Waals surface area (Å²) in [5.41, 5.74) is 5.79. The molecule has 0 saturated heterocycles. The van der Waals surface area contributed by atoms with Crippen molar-refractivity contribution in [2.24, 2.45) is 10.7 Å². The topological polar surface area (TPSA) is 115 Å². The van der Waals surface area contributed by atoms with Gasteiger partial charge in [0.25, 0.3) is 5.91 Å². The number of carbonyl (C=O) groups is 1. The highest BCUT2D eigenvalue weighted by molar-refractivity contribution is 7.93. The number of hydrogen-bond donors (Lipinski definition) is 2. The van der Waals surface area contributed by atoms with Crippen LogP contribution in [0.5, 0.6) is 0 Å². The molecule has 1 aromatic heterocycles. The molecule has 1 amide bonds. The number of aryl methyl sites for hydroxylation is 1. The molecule has 2 heterocycles. The first-order valence-electron chi connectivity index (χ1n) is 9.79. The molecule has 2 aliphatic rings. The Morgan fingerprint density at radius 2 is 2.00 bits per heavy atom. The number of hydrogen-bond acceptors (Lipinski definition) is 6. The van der Waals surface area contributed by atoms with Crippen LogP contribution in [-0.4, -0.2) is 35.6 Å². The van der Waals surface area contributed by atoms with Crippen molar-refractivity contribution in [3.05, 3.63) is 58.1 Å². The number of sulfone groups is 1. The second-order valence-corrected chi connectivity index (χ2v) is 11.1. The van der Waals surface area contributed by atoms with Crippen molar-refractivity contribution < 1.29 is 17.6 Å². The third kappa shape index (κ3) is 3.49. The van der Waals surface area contributed by atoms with Gasteiger partial charge in [-0.15, -0.1) is 0 Å². The number of amidine groups is 1. The van der Waals surface area contributed by atoms with E-state index < -0.39 is 31.8 Å². The summed E-state index contributed by atoms with van der Waals surface area (Å²) in [5, 5.41) is 3.08. The van der Waals surface area contributed by atoms with Crippen molar-refractivity contribution in [1.29, 1.82) is 0 Å². The van der Waals surface area contributed by atoms with E-state index in [0.29, 0.717) is 23.4 Å². The predicted octanol–water partition coefficient (Wildman–Crippen LogP) is 3.36. The maximum atomic E-state index is 14.8. The van der Waals surface area contributed by atoms with Crippen molar-refractivity contribution >= 4 is 38.9 Å². The zero-order chi connectivity index (χ0) is 22.6. The fourth-order valence-electron chi connectivity index (χ4n) is 4.25. The lowest BCUT2D eigenvalue weighted by Gasteiger charge is -2.46. The summed E-state index contributed by atoms with van der Waals surface area (Å²) in [6.07, 6.45) is 3.00. The molecular formula is C21H22ClFN4O3S. The molecule has 4 rings (SSSR count). The number of amides is 1. The molecule has 0 bridgehead atoms. The Morgan fingerprint density at radius 3 is 2.58 bits per heavy atom. The largest absolute Gasteiger partial charge is 0.386 e. The molecule has 0 radical (unpaired) electrons. The standard InChI is InChI=1S/C21H22ClFN4O3S/c1-12-8-13(22)10-25-17(12)18(28)26-14-4-5-16(23)15(9-14)20(2)11-31(29,30)21(6-3-7-21)19(24)27-20/h4-5,8-10H,3,6-7,11H2,1-2H3,(H2,24,27)(H,26,28). The Bertz CT molecular complexity index is 1230. The quantitative estimate of drug-likeness (QED) is 0.722. The molecule has 1 atom stereocenters. The number of rotatable bonds is 3. The number of aromatic nitrogens is 1. The molecule has 3 N–H and O–H groups in total. The number of nitrogens with zero attached hydrogens (tertiary/aromatic N) is 2. The van der Waals surface area contributed by atoms with Crippen LogP contribution >= 0.6 is 11.6 Å². The van der Waals surface area contributed by atoms with Gasteiger partial charge >= 0.3 is 0 Å². The van der Waals surface area contributed by atoms with Crippen LogP contribution in [0.2, 0.25) is 5.02 Å². The first-order valence-corrected chi connectivity index (χ1v) is 11.8. The highest BCUT2D eigenvalue weighted by atomic mass is 35.5. The van der Waals surface area contributed by atoms with E-state index in [1.165, 1.54) is 31.3 Å². The molecule has 31 heavy (non-hydrogen) atoms. The molecule has 10 heteroatoms. The Morgan fingerprint density at radius 1 is 1.29 bits per heavy atom. The molecule has 1 unspecified atom stereocenters. The first-order chi connectivity index (χ1) is 14.5. The normalized spacial score (nSPS) is 23.7. The van der Waals surface area contributed by atoms with Crippen LogP contribution in [0.1, 0.15) is 47.8 Å². The van der Waals surface area contributed by atoms with Crippen LogP contribution in [0.4, 0.5) is 10.1 Å². The lowest BCUT2D eigenvalue weighted by Crippen LogP contribution is -2.61. The molecular weight excluding hydrogens is 443 g/mol. The van der Waals surface area contributed by atoms with Gasteiger partial charge in [-0.05, 0) is 62.9 Å². The van der Waals surface area contributed by atoms with Crippen molar-refractivity contribution in [1.82, 2.24) is 4.98 Å². The lowest BCUT2D eigenvalue weighted by molar-refractivity contribution is 0.102. The van der Waals surface area contributed by atoms with Crippen LogP contribution in [-0.2, 0) is 15.4 Å². The number of carbonyl (C=O) groups excluding carboxylic acids is 1. The van der Waals surface area contributed by atoms with E-state index in [-0.39, 0.29) is 28.5 Å². The fourth-order valence-corrected chi connectivity index (χ4v) is 6.98. The Labute approximate surface area is 184 Å². The maximum Gasteiger partial charge on any atom is 0.274 e. The van der Waals surface area contributed by atoms with Crippen LogP contribution in [0, 0.1) is 12.7 Å². The molecule has 1 fully saturated rings. The van der Waals surface area contributed by atoms with E-state index in [0.717, 1.165) is 6.42 Å². The third-order valence-corrected chi connectivity index (χ3v) is 9.08. The molecule has 164 valence electrons. The Hall–Kier alpha value is -2.52. The molecule has 7 nitrogen and oxygen atoms in total. The van der Waals surface area contributed by atoms with E-state index >= 15 is 0 Å². The number of benzene rings is 1. The Kier molecular flexibility index (Phi) is 5.09. The number of aliphatic imine (C=N–C) groups is 1. The van der Waals surface area contributed by atoms with Crippen molar-refractivity contribution in [3.8, 4) is 0 Å². The molecule has 2 aromatic rings. The average Bonchev–Trinajstić information content (AvgIpc) is 2.60. The summed E-state index contributed by atoms with van der Waals surface area (Å²) < 4.78 is 39.7. The van der Waals surface area contributed by atoms with Crippen LogP contribution in [0.3, 0.4) is 0 Å². The summed E-state index contributed by atoms with van der Waals surface area (Å²) in [6, 6.07) is 5.57. The number of nitrogens with two attached hydrogens (primary N) is 1. The van der Waals surface area contributed by atoms with Crippen LogP contribution in [0.25, 0.3) is 0 Å². The molecule has 1 aromatic carbocycles. The molecule has 1 aliphatic carbocycles. The zero-order valence-corrected chi connectivity index (χ0v) is 18.6. The highest BCUT2D eigenvalue weighted by Gasteiger charge is 2.58. The van der Waals surface area contributed by atoms with Gasteiger partial charge in [0.2, 0.25) is 0 Å². The molecule has 1 saturated carbocycles. The second kappa shape index (κ2) is 7.27. The number of pyridine rings is 1. The molecule has 1 aliphatic heterocycles. The highest BCUT2D eigenvalue weighted by Crippen LogP contribution is 2.47. The van der Waals surface area contributed by atoms with Crippen molar-refractivity contribution in [2.75, 3.05) is 11.1 Å².